The highest BCUT2D eigenvalue weighted by molar-refractivity contribution is 9.10. The second kappa shape index (κ2) is 9.50. The smallest absolute Gasteiger partial charge is 0.271 e. The van der Waals surface area contributed by atoms with Gasteiger partial charge >= 0.3 is 0 Å². The molecule has 0 spiro atoms. The first-order valence-electron chi connectivity index (χ1n) is 7.42. The van der Waals surface area contributed by atoms with Crippen molar-refractivity contribution in [2.45, 2.75) is 0 Å². The van der Waals surface area contributed by atoms with Crippen molar-refractivity contribution < 1.29 is 19.5 Å². The average Bonchev–Trinajstić information content (AvgIpc) is 2.66. The van der Waals surface area contributed by atoms with Gasteiger partial charge in [-0.15, -0.1) is 0 Å². The highest BCUT2D eigenvalue weighted by Gasteiger charge is 2.05. The first-order valence-corrected chi connectivity index (χ1v) is 8.22. The third kappa shape index (κ3) is 5.54. The molecule has 8 heteroatoms. The highest BCUT2D eigenvalue weighted by Crippen LogP contribution is 2.21. The average molecular weight is 418 g/mol. The van der Waals surface area contributed by atoms with Crippen LogP contribution in [0.3, 0.4) is 0 Å². The summed E-state index contributed by atoms with van der Waals surface area (Å²) in [7, 11) is 1.55. The molecule has 0 unspecified atom stereocenters. The number of methoxy groups -OCH3 is 1. The minimum absolute atomic E-state index is 0.376. The van der Waals surface area contributed by atoms with E-state index in [0.717, 1.165) is 4.47 Å². The third-order valence-corrected chi connectivity index (χ3v) is 3.76. The van der Waals surface area contributed by atoms with Crippen LogP contribution in [0.2, 0.25) is 0 Å². The predicted molar refractivity (Wildman–Crippen MR) is 101 cm³/mol. The van der Waals surface area contributed by atoms with Gasteiger partial charge in [0.1, 0.15) is 5.75 Å². The maximum atomic E-state index is 12.1. The lowest BCUT2D eigenvalue weighted by Crippen LogP contribution is -2.17. The van der Waals surface area contributed by atoms with Gasteiger partial charge in [-0.1, -0.05) is 28.1 Å². The number of ether oxygens (including phenoxy) is 1. The molecule has 134 valence electrons. The molecule has 2 rings (SSSR count). The standard InChI is InChI=1S/C18H16BrN3O4/c1-26-16-8-7-15(19)10-14(16)11-20-21-18(24)13-5-2-12(3-6-13)4-9-17(23)22-25/h2-11,25H,1H3,(H,21,24)(H,22,23)/b9-4+,20-11+. The van der Waals surface area contributed by atoms with Crippen LogP contribution >= 0.6 is 15.9 Å². The van der Waals surface area contributed by atoms with E-state index < -0.39 is 5.91 Å². The topological polar surface area (TPSA) is 100 Å². The summed E-state index contributed by atoms with van der Waals surface area (Å²) in [4.78, 5) is 23.0. The van der Waals surface area contributed by atoms with Crippen LogP contribution < -0.4 is 15.6 Å². The molecule has 0 heterocycles. The quantitative estimate of drug-likeness (QED) is 0.291. The zero-order valence-electron chi connectivity index (χ0n) is 13.8. The summed E-state index contributed by atoms with van der Waals surface area (Å²) in [5, 5.41) is 12.4. The fraction of sp³-hybridized carbons (Fsp3) is 0.0556. The summed E-state index contributed by atoms with van der Waals surface area (Å²) in [5.74, 6) is -0.378. The van der Waals surface area contributed by atoms with Crippen molar-refractivity contribution in [3.8, 4) is 5.75 Å². The van der Waals surface area contributed by atoms with Crippen molar-refractivity contribution in [2.24, 2.45) is 5.10 Å². The van der Waals surface area contributed by atoms with E-state index in [0.29, 0.717) is 22.4 Å². The van der Waals surface area contributed by atoms with Crippen LogP contribution in [-0.4, -0.2) is 30.3 Å². The molecular formula is C18H16BrN3O4. The Bertz CT molecular complexity index is 848. The van der Waals surface area contributed by atoms with E-state index in [4.69, 9.17) is 9.94 Å². The molecule has 2 aromatic carbocycles. The highest BCUT2D eigenvalue weighted by atomic mass is 79.9. The second-order valence-electron chi connectivity index (χ2n) is 5.02. The molecule has 0 fully saturated rings. The minimum atomic E-state index is -0.635. The number of hydrazone groups is 1. The number of rotatable bonds is 6. The number of nitrogens with zero attached hydrogens (tertiary/aromatic N) is 1. The number of benzene rings is 2. The van der Waals surface area contributed by atoms with Crippen molar-refractivity contribution in [1.29, 1.82) is 0 Å². The maximum Gasteiger partial charge on any atom is 0.271 e. The Morgan fingerprint density at radius 3 is 2.58 bits per heavy atom. The molecule has 7 nitrogen and oxygen atoms in total. The Morgan fingerprint density at radius 2 is 1.92 bits per heavy atom. The van der Waals surface area contributed by atoms with E-state index in [-0.39, 0.29) is 5.91 Å². The monoisotopic (exact) mass is 417 g/mol. The lowest BCUT2D eigenvalue weighted by molar-refractivity contribution is -0.124. The first kappa shape index (κ1) is 19.4. The van der Waals surface area contributed by atoms with E-state index in [1.54, 1.807) is 37.4 Å². The first-order chi connectivity index (χ1) is 12.5. The van der Waals surface area contributed by atoms with E-state index in [2.05, 4.69) is 26.5 Å². The Hall–Kier alpha value is -2.97. The minimum Gasteiger partial charge on any atom is -0.496 e. The summed E-state index contributed by atoms with van der Waals surface area (Å²) >= 11 is 3.37. The van der Waals surface area contributed by atoms with Crippen molar-refractivity contribution in [3.05, 3.63) is 69.7 Å². The van der Waals surface area contributed by atoms with Crippen LogP contribution in [0, 0.1) is 0 Å². The number of halogens is 1. The number of hydroxylamine groups is 1. The summed E-state index contributed by atoms with van der Waals surface area (Å²) < 4.78 is 6.09. The van der Waals surface area contributed by atoms with E-state index in [1.807, 2.05) is 12.1 Å². The molecule has 2 amide bonds. The van der Waals surface area contributed by atoms with Gasteiger partial charge in [0, 0.05) is 21.7 Å². The Kier molecular flexibility index (Phi) is 7.07. The van der Waals surface area contributed by atoms with Crippen molar-refractivity contribution in [2.75, 3.05) is 7.11 Å². The molecule has 0 atom stereocenters. The molecular weight excluding hydrogens is 402 g/mol. The van der Waals surface area contributed by atoms with Gasteiger partial charge in [-0.05, 0) is 42.0 Å². The molecule has 0 aromatic heterocycles. The largest absolute Gasteiger partial charge is 0.496 e. The molecule has 0 aliphatic carbocycles. The van der Waals surface area contributed by atoms with Gasteiger partial charge in [-0.2, -0.15) is 5.10 Å². The molecule has 0 radical (unpaired) electrons. The Labute approximate surface area is 158 Å². The van der Waals surface area contributed by atoms with Crippen LogP contribution in [0.1, 0.15) is 21.5 Å². The van der Waals surface area contributed by atoms with Gasteiger partial charge in [0.25, 0.3) is 11.8 Å². The van der Waals surface area contributed by atoms with Gasteiger partial charge < -0.3 is 4.74 Å². The van der Waals surface area contributed by atoms with Crippen molar-refractivity contribution >= 4 is 40.0 Å². The zero-order valence-corrected chi connectivity index (χ0v) is 15.4. The molecule has 0 aliphatic heterocycles. The molecule has 2 aromatic rings. The van der Waals surface area contributed by atoms with Crippen LogP contribution in [0.5, 0.6) is 5.75 Å². The van der Waals surface area contributed by atoms with E-state index in [1.165, 1.54) is 23.8 Å². The van der Waals surface area contributed by atoms with Crippen molar-refractivity contribution in [1.82, 2.24) is 10.9 Å². The van der Waals surface area contributed by atoms with E-state index in [9.17, 15) is 9.59 Å². The lowest BCUT2D eigenvalue weighted by atomic mass is 10.1. The normalized spacial score (nSPS) is 10.9. The molecule has 0 saturated carbocycles. The maximum absolute atomic E-state index is 12.1. The van der Waals surface area contributed by atoms with E-state index >= 15 is 0 Å². The van der Waals surface area contributed by atoms with Gasteiger partial charge in [0.15, 0.2) is 0 Å². The zero-order chi connectivity index (χ0) is 18.9. The SMILES string of the molecule is COc1ccc(Br)cc1/C=N/NC(=O)c1ccc(/C=C/C(=O)NO)cc1. The number of carbonyl (C=O) groups excluding carboxylic acids is 2. The number of nitrogens with one attached hydrogen (secondary N) is 2. The molecule has 0 saturated heterocycles. The van der Waals surface area contributed by atoms with Gasteiger partial charge in [-0.25, -0.2) is 10.9 Å². The number of hydrogen-bond acceptors (Lipinski definition) is 5. The molecule has 3 N–H and O–H groups in total. The third-order valence-electron chi connectivity index (χ3n) is 3.27. The van der Waals surface area contributed by atoms with Gasteiger partial charge in [0.05, 0.1) is 13.3 Å². The second-order valence-corrected chi connectivity index (χ2v) is 5.93. The molecule has 26 heavy (non-hydrogen) atoms. The summed E-state index contributed by atoms with van der Waals surface area (Å²) in [6, 6.07) is 12.0. The van der Waals surface area contributed by atoms with Crippen LogP contribution in [0.4, 0.5) is 0 Å². The van der Waals surface area contributed by atoms with Gasteiger partial charge in [0.2, 0.25) is 0 Å². The summed E-state index contributed by atoms with van der Waals surface area (Å²) in [6.07, 6.45) is 4.17. The summed E-state index contributed by atoms with van der Waals surface area (Å²) in [5.41, 5.74) is 5.76. The summed E-state index contributed by atoms with van der Waals surface area (Å²) in [6.45, 7) is 0. The van der Waals surface area contributed by atoms with Crippen LogP contribution in [0.25, 0.3) is 6.08 Å². The number of hydrogen-bond donors (Lipinski definition) is 3. The fourth-order valence-electron chi connectivity index (χ4n) is 1.99. The Balaban J connectivity index is 2.01. The van der Waals surface area contributed by atoms with Crippen LogP contribution in [-0.2, 0) is 4.79 Å². The fourth-order valence-corrected chi connectivity index (χ4v) is 2.36. The molecule has 0 bridgehead atoms. The predicted octanol–water partition coefficient (Wildman–Crippen LogP) is 2.74. The Morgan fingerprint density at radius 1 is 1.19 bits per heavy atom. The number of amides is 2. The van der Waals surface area contributed by atoms with Crippen LogP contribution in [0.15, 0.2) is 58.1 Å². The van der Waals surface area contributed by atoms with Crippen molar-refractivity contribution in [3.63, 3.8) is 0 Å². The van der Waals surface area contributed by atoms with Gasteiger partial charge in [-0.3, -0.25) is 14.8 Å². The lowest BCUT2D eigenvalue weighted by Gasteiger charge is -2.05. The molecule has 0 aliphatic rings. The number of carbonyl (C=O) groups is 2.